The third-order valence-electron chi connectivity index (χ3n) is 4.76. The number of allylic oxidation sites excluding steroid dienone is 2. The molecule has 0 spiro atoms. The standard InChI is InChI=1S/C14H21NO3/c16-9-14(3-5-18-6-4-14)15-13(17)12-8-10-1-2-11(12)7-10/h1-2,10-12,16H,3-9H2,(H,15,17). The van der Waals surface area contributed by atoms with Gasteiger partial charge in [0.2, 0.25) is 5.91 Å². The van der Waals surface area contributed by atoms with E-state index in [1.807, 2.05) is 0 Å². The van der Waals surface area contributed by atoms with Crippen LogP contribution in [0, 0.1) is 17.8 Å². The van der Waals surface area contributed by atoms with Crippen LogP contribution in [0.4, 0.5) is 0 Å². The van der Waals surface area contributed by atoms with Crippen molar-refractivity contribution < 1.29 is 14.6 Å². The van der Waals surface area contributed by atoms with Crippen LogP contribution >= 0.6 is 0 Å². The molecule has 4 nitrogen and oxygen atoms in total. The second-order valence-corrected chi connectivity index (χ2v) is 5.93. The van der Waals surface area contributed by atoms with Gasteiger partial charge in [0.25, 0.3) is 0 Å². The molecule has 18 heavy (non-hydrogen) atoms. The fourth-order valence-electron chi connectivity index (χ4n) is 3.52. The van der Waals surface area contributed by atoms with Crippen LogP contribution in [-0.4, -0.2) is 36.4 Å². The quantitative estimate of drug-likeness (QED) is 0.731. The first-order valence-electron chi connectivity index (χ1n) is 6.91. The number of nitrogens with one attached hydrogen (secondary N) is 1. The van der Waals surface area contributed by atoms with Crippen LogP contribution in [-0.2, 0) is 9.53 Å². The molecule has 3 unspecified atom stereocenters. The van der Waals surface area contributed by atoms with Gasteiger partial charge in [0, 0.05) is 19.1 Å². The fourth-order valence-corrected chi connectivity index (χ4v) is 3.52. The predicted molar refractivity (Wildman–Crippen MR) is 66.9 cm³/mol. The first kappa shape index (κ1) is 12.2. The van der Waals surface area contributed by atoms with Gasteiger partial charge in [-0.05, 0) is 37.5 Å². The smallest absolute Gasteiger partial charge is 0.224 e. The van der Waals surface area contributed by atoms with Crippen molar-refractivity contribution >= 4 is 5.91 Å². The van der Waals surface area contributed by atoms with Crippen molar-refractivity contribution in [2.45, 2.75) is 31.2 Å². The highest BCUT2D eigenvalue weighted by molar-refractivity contribution is 5.80. The van der Waals surface area contributed by atoms with Gasteiger partial charge in [-0.1, -0.05) is 12.2 Å². The molecule has 3 rings (SSSR count). The van der Waals surface area contributed by atoms with E-state index in [-0.39, 0.29) is 18.4 Å². The zero-order chi connectivity index (χ0) is 12.6. The Hall–Kier alpha value is -0.870. The van der Waals surface area contributed by atoms with Gasteiger partial charge >= 0.3 is 0 Å². The number of aliphatic hydroxyl groups is 1. The topological polar surface area (TPSA) is 58.6 Å². The lowest BCUT2D eigenvalue weighted by Gasteiger charge is -2.37. The average molecular weight is 251 g/mol. The number of aliphatic hydroxyl groups excluding tert-OH is 1. The van der Waals surface area contributed by atoms with Gasteiger partial charge in [-0.25, -0.2) is 0 Å². The molecule has 0 aromatic rings. The summed E-state index contributed by atoms with van der Waals surface area (Å²) in [5.74, 6) is 1.27. The Kier molecular flexibility index (Phi) is 3.16. The molecule has 100 valence electrons. The van der Waals surface area contributed by atoms with E-state index in [0.717, 1.165) is 12.8 Å². The molecule has 1 saturated heterocycles. The maximum atomic E-state index is 12.4. The predicted octanol–water partition coefficient (Wildman–Crippen LogP) is 0.856. The Morgan fingerprint density at radius 2 is 2.11 bits per heavy atom. The Balaban J connectivity index is 1.64. The van der Waals surface area contributed by atoms with E-state index in [1.54, 1.807) is 0 Å². The molecular weight excluding hydrogens is 230 g/mol. The number of hydrogen-bond donors (Lipinski definition) is 2. The number of carbonyl (C=O) groups excluding carboxylic acids is 1. The van der Waals surface area contributed by atoms with E-state index in [0.29, 0.717) is 37.9 Å². The summed E-state index contributed by atoms with van der Waals surface area (Å²) in [5, 5.41) is 12.7. The van der Waals surface area contributed by atoms with Crippen LogP contribution in [0.3, 0.4) is 0 Å². The molecule has 2 bridgehead atoms. The second-order valence-electron chi connectivity index (χ2n) is 5.93. The van der Waals surface area contributed by atoms with Crippen molar-refractivity contribution in [3.05, 3.63) is 12.2 Å². The molecule has 1 heterocycles. The fraction of sp³-hybridized carbons (Fsp3) is 0.786. The van der Waals surface area contributed by atoms with Crippen molar-refractivity contribution in [3.8, 4) is 0 Å². The number of amides is 1. The van der Waals surface area contributed by atoms with Gasteiger partial charge in [0.1, 0.15) is 0 Å². The largest absolute Gasteiger partial charge is 0.394 e. The third kappa shape index (κ3) is 2.08. The highest BCUT2D eigenvalue weighted by Crippen LogP contribution is 2.43. The first-order chi connectivity index (χ1) is 8.72. The van der Waals surface area contributed by atoms with Crippen molar-refractivity contribution in [2.24, 2.45) is 17.8 Å². The number of carbonyl (C=O) groups is 1. The van der Waals surface area contributed by atoms with Crippen LogP contribution < -0.4 is 5.32 Å². The molecule has 1 saturated carbocycles. The van der Waals surface area contributed by atoms with E-state index in [1.165, 1.54) is 0 Å². The summed E-state index contributed by atoms with van der Waals surface area (Å²) in [5.41, 5.74) is -0.444. The molecule has 4 heteroatoms. The number of fused-ring (bicyclic) bond motifs is 2. The molecular formula is C14H21NO3. The van der Waals surface area contributed by atoms with E-state index < -0.39 is 5.54 Å². The molecule has 2 fully saturated rings. The summed E-state index contributed by atoms with van der Waals surface area (Å²) in [4.78, 5) is 12.4. The van der Waals surface area contributed by atoms with Gasteiger partial charge in [-0.3, -0.25) is 4.79 Å². The molecule has 0 aromatic carbocycles. The molecule has 2 aliphatic carbocycles. The monoisotopic (exact) mass is 251 g/mol. The molecule has 0 aromatic heterocycles. The van der Waals surface area contributed by atoms with Gasteiger partial charge < -0.3 is 15.2 Å². The van der Waals surface area contributed by atoms with Gasteiger partial charge in [-0.15, -0.1) is 0 Å². The lowest BCUT2D eigenvalue weighted by Crippen LogP contribution is -2.56. The van der Waals surface area contributed by atoms with Crippen molar-refractivity contribution in [3.63, 3.8) is 0 Å². The van der Waals surface area contributed by atoms with Crippen molar-refractivity contribution in [1.82, 2.24) is 5.32 Å². The van der Waals surface area contributed by atoms with Crippen LogP contribution in [0.5, 0.6) is 0 Å². The summed E-state index contributed by atoms with van der Waals surface area (Å²) < 4.78 is 5.31. The normalized spacial score (nSPS) is 36.8. The second kappa shape index (κ2) is 4.67. The number of rotatable bonds is 3. The van der Waals surface area contributed by atoms with Crippen LogP contribution in [0.2, 0.25) is 0 Å². The third-order valence-corrected chi connectivity index (χ3v) is 4.76. The zero-order valence-electron chi connectivity index (χ0n) is 10.6. The molecule has 1 amide bonds. The molecule has 3 atom stereocenters. The van der Waals surface area contributed by atoms with Crippen LogP contribution in [0.25, 0.3) is 0 Å². The SMILES string of the molecule is O=C(NC1(CO)CCOCC1)C1CC2C=CC1C2. The average Bonchev–Trinajstić information content (AvgIpc) is 3.02. The Bertz CT molecular complexity index is 360. The molecule has 2 N–H and O–H groups in total. The molecule has 3 aliphatic rings. The maximum absolute atomic E-state index is 12.4. The lowest BCUT2D eigenvalue weighted by molar-refractivity contribution is -0.130. The Morgan fingerprint density at radius 3 is 2.67 bits per heavy atom. The maximum Gasteiger partial charge on any atom is 0.224 e. The summed E-state index contributed by atoms with van der Waals surface area (Å²) in [6.07, 6.45) is 7.97. The summed E-state index contributed by atoms with van der Waals surface area (Å²) in [7, 11) is 0. The van der Waals surface area contributed by atoms with E-state index >= 15 is 0 Å². The minimum absolute atomic E-state index is 0.0127. The molecule has 0 radical (unpaired) electrons. The highest BCUT2D eigenvalue weighted by Gasteiger charge is 2.42. The Morgan fingerprint density at radius 1 is 1.33 bits per heavy atom. The zero-order valence-corrected chi connectivity index (χ0v) is 10.6. The first-order valence-corrected chi connectivity index (χ1v) is 6.91. The number of ether oxygens (including phenoxy) is 1. The number of hydrogen-bond acceptors (Lipinski definition) is 3. The molecule has 1 aliphatic heterocycles. The lowest BCUT2D eigenvalue weighted by atomic mass is 9.87. The van der Waals surface area contributed by atoms with Gasteiger partial charge in [-0.2, -0.15) is 0 Å². The van der Waals surface area contributed by atoms with Crippen molar-refractivity contribution in [2.75, 3.05) is 19.8 Å². The minimum atomic E-state index is -0.444. The Labute approximate surface area is 107 Å². The van der Waals surface area contributed by atoms with E-state index in [9.17, 15) is 9.90 Å². The van der Waals surface area contributed by atoms with E-state index in [2.05, 4.69) is 17.5 Å². The van der Waals surface area contributed by atoms with Gasteiger partial charge in [0.15, 0.2) is 0 Å². The summed E-state index contributed by atoms with van der Waals surface area (Å²) in [6, 6.07) is 0. The van der Waals surface area contributed by atoms with Crippen molar-refractivity contribution in [1.29, 1.82) is 0 Å². The minimum Gasteiger partial charge on any atom is -0.394 e. The summed E-state index contributed by atoms with van der Waals surface area (Å²) >= 11 is 0. The van der Waals surface area contributed by atoms with E-state index in [4.69, 9.17) is 4.74 Å². The van der Waals surface area contributed by atoms with Crippen LogP contribution in [0.1, 0.15) is 25.7 Å². The van der Waals surface area contributed by atoms with Gasteiger partial charge in [0.05, 0.1) is 12.1 Å². The summed E-state index contributed by atoms with van der Waals surface area (Å²) in [6.45, 7) is 1.26. The van der Waals surface area contributed by atoms with Crippen LogP contribution in [0.15, 0.2) is 12.2 Å². The highest BCUT2D eigenvalue weighted by atomic mass is 16.5.